The van der Waals surface area contributed by atoms with E-state index in [1.807, 2.05) is 17.5 Å². The van der Waals surface area contributed by atoms with Gasteiger partial charge in [0.25, 0.3) is 5.91 Å². The van der Waals surface area contributed by atoms with Crippen molar-refractivity contribution in [1.29, 1.82) is 0 Å². The number of nitrogens with zero attached hydrogens (tertiary/aromatic N) is 1. The van der Waals surface area contributed by atoms with Crippen molar-refractivity contribution < 1.29 is 9.90 Å². The van der Waals surface area contributed by atoms with E-state index < -0.39 is 0 Å². The van der Waals surface area contributed by atoms with Crippen molar-refractivity contribution in [2.45, 2.75) is 18.4 Å². The van der Waals surface area contributed by atoms with Gasteiger partial charge in [-0.1, -0.05) is 6.07 Å². The first-order valence-corrected chi connectivity index (χ1v) is 7.41. The highest BCUT2D eigenvalue weighted by Gasteiger charge is 2.43. The van der Waals surface area contributed by atoms with Crippen LogP contribution < -0.4 is 5.32 Å². The lowest BCUT2D eigenvalue weighted by molar-refractivity contribution is 0.0902. The first-order valence-electron chi connectivity index (χ1n) is 5.65. The third-order valence-corrected chi connectivity index (χ3v) is 4.89. The highest BCUT2D eigenvalue weighted by atomic mass is 32.1. The minimum Gasteiger partial charge on any atom is -0.394 e. The molecule has 3 rings (SSSR count). The summed E-state index contributed by atoms with van der Waals surface area (Å²) >= 11 is 3.07. The second-order valence-corrected chi connectivity index (χ2v) is 6.21. The van der Waals surface area contributed by atoms with Crippen molar-refractivity contribution in [2.75, 3.05) is 6.61 Å². The molecule has 2 aromatic heterocycles. The first-order chi connectivity index (χ1) is 8.72. The van der Waals surface area contributed by atoms with Gasteiger partial charge in [-0.05, 0) is 24.3 Å². The number of hydrogen-bond acceptors (Lipinski definition) is 5. The van der Waals surface area contributed by atoms with Crippen LogP contribution in [0.3, 0.4) is 0 Å². The lowest BCUT2D eigenvalue weighted by atomic mass is 10.3. The number of hydrogen-bond donors (Lipinski definition) is 2. The number of carbonyl (C=O) groups is 1. The fraction of sp³-hybridized carbons (Fsp3) is 0.333. The van der Waals surface area contributed by atoms with Crippen molar-refractivity contribution in [3.05, 3.63) is 28.6 Å². The van der Waals surface area contributed by atoms with Gasteiger partial charge >= 0.3 is 0 Å². The monoisotopic (exact) mass is 280 g/mol. The van der Waals surface area contributed by atoms with Crippen molar-refractivity contribution in [1.82, 2.24) is 10.3 Å². The Bertz CT molecular complexity index is 558. The Hall–Kier alpha value is -1.24. The first kappa shape index (κ1) is 11.8. The summed E-state index contributed by atoms with van der Waals surface area (Å²) in [4.78, 5) is 17.4. The van der Waals surface area contributed by atoms with Crippen molar-refractivity contribution in [2.24, 2.45) is 0 Å². The topological polar surface area (TPSA) is 62.2 Å². The van der Waals surface area contributed by atoms with Crippen LogP contribution in [0.5, 0.6) is 0 Å². The number of rotatable bonds is 4. The van der Waals surface area contributed by atoms with E-state index in [1.165, 1.54) is 11.3 Å². The van der Waals surface area contributed by atoms with Crippen LogP contribution in [0.1, 0.15) is 23.3 Å². The summed E-state index contributed by atoms with van der Waals surface area (Å²) in [6.45, 7) is 0.000654. The average molecular weight is 280 g/mol. The second kappa shape index (κ2) is 4.46. The highest BCUT2D eigenvalue weighted by molar-refractivity contribution is 7.20. The molecule has 2 aromatic rings. The number of carbonyl (C=O) groups excluding carboxylic acids is 1. The molecule has 0 spiro atoms. The molecule has 18 heavy (non-hydrogen) atoms. The zero-order chi connectivity index (χ0) is 12.6. The summed E-state index contributed by atoms with van der Waals surface area (Å²) in [7, 11) is 0. The Labute approximate surface area is 112 Å². The van der Waals surface area contributed by atoms with Gasteiger partial charge in [-0.3, -0.25) is 4.79 Å². The molecule has 1 amide bonds. The molecule has 0 aliphatic heterocycles. The van der Waals surface area contributed by atoms with Gasteiger partial charge < -0.3 is 10.4 Å². The third kappa shape index (κ3) is 2.19. The predicted molar refractivity (Wildman–Crippen MR) is 71.9 cm³/mol. The van der Waals surface area contributed by atoms with E-state index >= 15 is 0 Å². The fourth-order valence-electron chi connectivity index (χ4n) is 1.67. The molecule has 0 saturated heterocycles. The van der Waals surface area contributed by atoms with E-state index in [0.29, 0.717) is 5.69 Å². The minimum atomic E-state index is -0.385. The molecule has 1 saturated carbocycles. The molecule has 0 atom stereocenters. The van der Waals surface area contributed by atoms with Gasteiger partial charge in [0.15, 0.2) is 0 Å². The van der Waals surface area contributed by atoms with Crippen LogP contribution in [-0.4, -0.2) is 28.1 Å². The summed E-state index contributed by atoms with van der Waals surface area (Å²) in [5, 5.41) is 16.6. The summed E-state index contributed by atoms with van der Waals surface area (Å²) in [5.41, 5.74) is 0.0483. The molecular weight excluding hydrogens is 268 g/mol. The van der Waals surface area contributed by atoms with E-state index in [-0.39, 0.29) is 18.1 Å². The largest absolute Gasteiger partial charge is 0.394 e. The Kier molecular flexibility index (Phi) is 2.93. The van der Waals surface area contributed by atoms with Crippen LogP contribution in [0.15, 0.2) is 22.9 Å². The quantitative estimate of drug-likeness (QED) is 0.902. The van der Waals surface area contributed by atoms with E-state index in [4.69, 9.17) is 0 Å². The number of aliphatic hydroxyl groups is 1. The van der Waals surface area contributed by atoms with Crippen LogP contribution in [0, 0.1) is 0 Å². The lowest BCUT2D eigenvalue weighted by Crippen LogP contribution is -2.39. The summed E-state index contributed by atoms with van der Waals surface area (Å²) in [6, 6.07) is 3.95. The summed E-state index contributed by atoms with van der Waals surface area (Å²) in [6.07, 6.45) is 1.69. The average Bonchev–Trinajstić information content (AvgIpc) is 2.87. The van der Waals surface area contributed by atoms with Gasteiger partial charge in [0.05, 0.1) is 17.0 Å². The predicted octanol–water partition coefficient (Wildman–Crippen LogP) is 2.13. The maximum absolute atomic E-state index is 12.0. The van der Waals surface area contributed by atoms with Crippen molar-refractivity contribution >= 4 is 28.6 Å². The Morgan fingerprint density at radius 2 is 2.33 bits per heavy atom. The molecule has 2 N–H and O–H groups in total. The molecule has 4 nitrogen and oxygen atoms in total. The van der Waals surface area contributed by atoms with Crippen LogP contribution in [0.2, 0.25) is 0 Å². The van der Waals surface area contributed by atoms with Crippen LogP contribution in [0.25, 0.3) is 9.88 Å². The smallest absolute Gasteiger partial charge is 0.271 e. The number of nitrogens with one attached hydrogen (secondary N) is 1. The van der Waals surface area contributed by atoms with Crippen molar-refractivity contribution in [3.63, 3.8) is 0 Å². The van der Waals surface area contributed by atoms with E-state index in [0.717, 1.165) is 22.7 Å². The van der Waals surface area contributed by atoms with Gasteiger partial charge in [-0.2, -0.15) is 0 Å². The molecule has 0 bridgehead atoms. The Balaban J connectivity index is 1.75. The molecule has 0 radical (unpaired) electrons. The summed E-state index contributed by atoms with van der Waals surface area (Å²) in [5.74, 6) is -0.194. The van der Waals surface area contributed by atoms with Gasteiger partial charge in [-0.25, -0.2) is 4.98 Å². The number of thiazole rings is 1. The molecule has 0 unspecified atom stereocenters. The molecule has 1 fully saturated rings. The number of amides is 1. The van der Waals surface area contributed by atoms with E-state index in [9.17, 15) is 9.90 Å². The van der Waals surface area contributed by atoms with Crippen LogP contribution >= 0.6 is 22.7 Å². The maximum Gasteiger partial charge on any atom is 0.271 e. The Morgan fingerprint density at radius 3 is 2.94 bits per heavy atom. The van der Waals surface area contributed by atoms with Crippen molar-refractivity contribution in [3.8, 4) is 9.88 Å². The maximum atomic E-state index is 12.0. The number of aromatic nitrogens is 1. The van der Waals surface area contributed by atoms with Gasteiger partial charge in [0.1, 0.15) is 10.7 Å². The standard InChI is InChI=1S/C12H12N2O2S2/c15-7-12(3-4-12)14-10(16)8-6-18-11(13-8)9-2-1-5-17-9/h1-2,5-6,15H,3-4,7H2,(H,14,16). The molecule has 6 heteroatoms. The zero-order valence-corrected chi connectivity index (χ0v) is 11.2. The molecule has 94 valence electrons. The number of thiophene rings is 1. The third-order valence-electron chi connectivity index (χ3n) is 3.00. The lowest BCUT2D eigenvalue weighted by Gasteiger charge is -2.12. The van der Waals surface area contributed by atoms with Gasteiger partial charge in [0, 0.05) is 5.38 Å². The van der Waals surface area contributed by atoms with Gasteiger partial charge in [0.2, 0.25) is 0 Å². The molecule has 0 aromatic carbocycles. The SMILES string of the molecule is O=C(NC1(CO)CC1)c1csc(-c2cccs2)n1. The molecule has 1 aliphatic carbocycles. The van der Waals surface area contributed by atoms with Crippen LogP contribution in [0.4, 0.5) is 0 Å². The highest BCUT2D eigenvalue weighted by Crippen LogP contribution is 2.35. The van der Waals surface area contributed by atoms with Crippen LogP contribution in [-0.2, 0) is 0 Å². The molecule has 1 aliphatic rings. The number of aliphatic hydroxyl groups excluding tert-OH is 1. The zero-order valence-electron chi connectivity index (χ0n) is 9.55. The molecule has 2 heterocycles. The summed E-state index contributed by atoms with van der Waals surface area (Å²) < 4.78 is 0. The molecular formula is C12H12N2O2S2. The normalized spacial score (nSPS) is 16.5. The minimum absolute atomic E-state index is 0.000654. The van der Waals surface area contributed by atoms with Gasteiger partial charge in [-0.15, -0.1) is 22.7 Å². The van der Waals surface area contributed by atoms with E-state index in [2.05, 4.69) is 10.3 Å². The fourth-order valence-corrected chi connectivity index (χ4v) is 3.28. The second-order valence-electron chi connectivity index (χ2n) is 4.41. The van der Waals surface area contributed by atoms with E-state index in [1.54, 1.807) is 16.7 Å². The Morgan fingerprint density at radius 1 is 1.50 bits per heavy atom.